The molecule has 0 rings (SSSR count). The van der Waals surface area contributed by atoms with Gasteiger partial charge in [0.25, 0.3) is 0 Å². The summed E-state index contributed by atoms with van der Waals surface area (Å²) in [4.78, 5) is 0. The molecule has 14 heavy (non-hydrogen) atoms. The van der Waals surface area contributed by atoms with Gasteiger partial charge in [0, 0.05) is 0 Å². The Hall–Kier alpha value is 0. The highest BCUT2D eigenvalue weighted by molar-refractivity contribution is 4.69. The maximum atomic E-state index is 2.42. The topological polar surface area (TPSA) is 0 Å². The Morgan fingerprint density at radius 3 is 1.57 bits per heavy atom. The Morgan fingerprint density at radius 2 is 1.29 bits per heavy atom. The molecule has 0 heterocycles. The lowest BCUT2D eigenvalue weighted by Gasteiger charge is -2.27. The molecule has 0 saturated carbocycles. The number of hydrogen-bond acceptors (Lipinski definition) is 0. The predicted octanol–water partition coefficient (Wildman–Crippen LogP) is 5.52. The van der Waals surface area contributed by atoms with Crippen LogP contribution < -0.4 is 0 Å². The summed E-state index contributed by atoms with van der Waals surface area (Å²) in [6.07, 6.45) is 5.44. The Balaban J connectivity index is 0. The fraction of sp³-hybridized carbons (Fsp3) is 1.00. The molecule has 0 spiro atoms. The highest BCUT2D eigenvalue weighted by Gasteiger charge is 2.19. The van der Waals surface area contributed by atoms with Gasteiger partial charge in [0.1, 0.15) is 0 Å². The van der Waals surface area contributed by atoms with E-state index in [2.05, 4.69) is 34.6 Å². The van der Waals surface area contributed by atoms with Crippen molar-refractivity contribution in [3.63, 3.8) is 0 Å². The van der Waals surface area contributed by atoms with Crippen LogP contribution in [0.3, 0.4) is 0 Å². The Bertz CT molecular complexity index is 96.2. The van der Waals surface area contributed by atoms with E-state index in [1.165, 1.54) is 25.7 Å². The van der Waals surface area contributed by atoms with Crippen molar-refractivity contribution in [3.05, 3.63) is 0 Å². The molecule has 0 aliphatic carbocycles. The van der Waals surface area contributed by atoms with Crippen molar-refractivity contribution in [1.29, 1.82) is 0 Å². The van der Waals surface area contributed by atoms with Gasteiger partial charge in [-0.3, -0.25) is 0 Å². The third kappa shape index (κ3) is 6.45. The monoisotopic (exact) mass is 200 g/mol. The van der Waals surface area contributed by atoms with Crippen LogP contribution in [0.4, 0.5) is 0 Å². The zero-order chi connectivity index (χ0) is 11.6. The Labute approximate surface area is 92.5 Å². The SMILES string of the molecule is CC.CCCC(C)C(CC)C(C)CC. The molecule has 3 atom stereocenters. The molecule has 0 radical (unpaired) electrons. The maximum Gasteiger partial charge on any atom is -0.0365 e. The molecular weight excluding hydrogens is 168 g/mol. The molecule has 0 aliphatic rings. The van der Waals surface area contributed by atoms with Gasteiger partial charge in [0.2, 0.25) is 0 Å². The summed E-state index contributed by atoms with van der Waals surface area (Å²) in [5.41, 5.74) is 0. The minimum atomic E-state index is 0.913. The normalized spacial score (nSPS) is 16.5. The fourth-order valence-electron chi connectivity index (χ4n) is 2.34. The van der Waals surface area contributed by atoms with Crippen molar-refractivity contribution in [2.75, 3.05) is 0 Å². The van der Waals surface area contributed by atoms with Gasteiger partial charge in [-0.1, -0.05) is 74.1 Å². The quantitative estimate of drug-likeness (QED) is 0.529. The molecule has 0 nitrogen and oxygen atoms in total. The number of rotatable bonds is 6. The van der Waals surface area contributed by atoms with Gasteiger partial charge in [-0.05, 0) is 17.8 Å². The smallest absolute Gasteiger partial charge is 0.0365 e. The first-order chi connectivity index (χ1) is 6.67. The van der Waals surface area contributed by atoms with Crippen LogP contribution in [0.25, 0.3) is 0 Å². The molecular formula is C14H32. The van der Waals surface area contributed by atoms with Crippen molar-refractivity contribution in [2.45, 2.75) is 74.1 Å². The van der Waals surface area contributed by atoms with Crippen molar-refractivity contribution in [2.24, 2.45) is 17.8 Å². The second kappa shape index (κ2) is 11.1. The summed E-state index contributed by atoms with van der Waals surface area (Å²) in [5.74, 6) is 2.79. The van der Waals surface area contributed by atoms with E-state index in [4.69, 9.17) is 0 Å². The number of hydrogen-bond donors (Lipinski definition) is 0. The lowest BCUT2D eigenvalue weighted by atomic mass is 9.78. The molecule has 0 aromatic heterocycles. The molecule has 0 fully saturated rings. The standard InChI is InChI=1S/C12H26.C2H6/c1-6-9-11(5)12(8-3)10(4)7-2;1-2/h10-12H,6-9H2,1-5H3;1-2H3. The van der Waals surface area contributed by atoms with Crippen LogP contribution in [-0.2, 0) is 0 Å². The van der Waals surface area contributed by atoms with Crippen LogP contribution in [0.2, 0.25) is 0 Å². The second-order valence-electron chi connectivity index (χ2n) is 4.22. The lowest BCUT2D eigenvalue weighted by molar-refractivity contribution is 0.229. The third-order valence-electron chi connectivity index (χ3n) is 3.32. The van der Waals surface area contributed by atoms with Gasteiger partial charge in [-0.25, -0.2) is 0 Å². The van der Waals surface area contributed by atoms with Crippen LogP contribution in [0.15, 0.2) is 0 Å². The largest absolute Gasteiger partial charge is 0.0683 e. The van der Waals surface area contributed by atoms with E-state index >= 15 is 0 Å². The van der Waals surface area contributed by atoms with Crippen molar-refractivity contribution in [1.82, 2.24) is 0 Å². The lowest BCUT2D eigenvalue weighted by Crippen LogP contribution is -2.18. The Morgan fingerprint density at radius 1 is 0.786 bits per heavy atom. The predicted molar refractivity (Wildman–Crippen MR) is 68.7 cm³/mol. The summed E-state index contributed by atoms with van der Waals surface area (Å²) in [6.45, 7) is 15.8. The molecule has 0 heteroatoms. The van der Waals surface area contributed by atoms with E-state index in [1.807, 2.05) is 13.8 Å². The van der Waals surface area contributed by atoms with Gasteiger partial charge in [-0.15, -0.1) is 0 Å². The molecule has 0 N–H and O–H groups in total. The van der Waals surface area contributed by atoms with Crippen LogP contribution in [0, 0.1) is 17.8 Å². The zero-order valence-electron chi connectivity index (χ0n) is 11.6. The van der Waals surface area contributed by atoms with Gasteiger partial charge in [0.05, 0.1) is 0 Å². The molecule has 0 aromatic carbocycles. The highest BCUT2D eigenvalue weighted by Crippen LogP contribution is 2.29. The first-order valence-electron chi connectivity index (χ1n) is 6.67. The summed E-state index contributed by atoms with van der Waals surface area (Å²) < 4.78 is 0. The van der Waals surface area contributed by atoms with Gasteiger partial charge < -0.3 is 0 Å². The fourth-order valence-corrected chi connectivity index (χ4v) is 2.34. The minimum Gasteiger partial charge on any atom is -0.0683 e. The van der Waals surface area contributed by atoms with E-state index in [0.29, 0.717) is 0 Å². The third-order valence-corrected chi connectivity index (χ3v) is 3.32. The van der Waals surface area contributed by atoms with E-state index in [-0.39, 0.29) is 0 Å². The molecule has 0 saturated heterocycles. The van der Waals surface area contributed by atoms with E-state index < -0.39 is 0 Å². The minimum absolute atomic E-state index is 0.913. The average Bonchev–Trinajstić information content (AvgIpc) is 2.22. The zero-order valence-corrected chi connectivity index (χ0v) is 11.6. The van der Waals surface area contributed by atoms with Gasteiger partial charge in [0.15, 0.2) is 0 Å². The molecule has 3 unspecified atom stereocenters. The van der Waals surface area contributed by atoms with Gasteiger partial charge >= 0.3 is 0 Å². The van der Waals surface area contributed by atoms with Crippen LogP contribution in [-0.4, -0.2) is 0 Å². The van der Waals surface area contributed by atoms with E-state index in [9.17, 15) is 0 Å². The van der Waals surface area contributed by atoms with Crippen LogP contribution in [0.1, 0.15) is 74.1 Å². The highest BCUT2D eigenvalue weighted by atomic mass is 14.2. The summed E-state index contributed by atoms with van der Waals surface area (Å²) in [6, 6.07) is 0. The first kappa shape index (κ1) is 16.4. The summed E-state index contributed by atoms with van der Waals surface area (Å²) >= 11 is 0. The van der Waals surface area contributed by atoms with Crippen molar-refractivity contribution < 1.29 is 0 Å². The average molecular weight is 200 g/mol. The molecule has 0 aliphatic heterocycles. The van der Waals surface area contributed by atoms with Crippen LogP contribution in [0.5, 0.6) is 0 Å². The molecule has 0 amide bonds. The maximum absolute atomic E-state index is 2.42. The summed E-state index contributed by atoms with van der Waals surface area (Å²) in [7, 11) is 0. The molecule has 0 aromatic rings. The Kier molecular flexibility index (Phi) is 13.0. The summed E-state index contributed by atoms with van der Waals surface area (Å²) in [5, 5.41) is 0. The second-order valence-corrected chi connectivity index (χ2v) is 4.22. The van der Waals surface area contributed by atoms with E-state index in [0.717, 1.165) is 17.8 Å². The van der Waals surface area contributed by atoms with E-state index in [1.54, 1.807) is 0 Å². The first-order valence-corrected chi connectivity index (χ1v) is 6.67. The molecule has 0 bridgehead atoms. The molecule has 88 valence electrons. The van der Waals surface area contributed by atoms with Gasteiger partial charge in [-0.2, -0.15) is 0 Å². The van der Waals surface area contributed by atoms with Crippen molar-refractivity contribution in [3.8, 4) is 0 Å². The van der Waals surface area contributed by atoms with Crippen molar-refractivity contribution >= 4 is 0 Å². The van der Waals surface area contributed by atoms with Crippen LogP contribution >= 0.6 is 0 Å².